The predicted octanol–water partition coefficient (Wildman–Crippen LogP) is 4.53. The number of carbonyl (C=O) groups excluding carboxylic acids is 3. The Morgan fingerprint density at radius 3 is 2.48 bits per heavy atom. The maximum Gasteiger partial charge on any atom is 0.338 e. The second kappa shape index (κ2) is 15.9. The zero-order valence-electron chi connectivity index (χ0n) is 25.8. The standard InChI is InChI=1S/C33H35FN4O8/c1-5-43-28-15-21(10-12-26(28)45-18-22-8-7-9-24(34)14-22)17-35-38-29(39)19-46-25-13-11-23(16-27(25)42-4)31-30(32(40)44-6-2)20(3)36-33(41)37-31/h7-17,31H,5-6,18-19H2,1-4H3,(H,38,39)(H2,36,37,41)/b35-17-/t31-/m0/s1. The van der Waals surface area contributed by atoms with Gasteiger partial charge in [0.15, 0.2) is 29.6 Å². The fourth-order valence-electron chi connectivity index (χ4n) is 4.54. The fourth-order valence-corrected chi connectivity index (χ4v) is 4.54. The van der Waals surface area contributed by atoms with Gasteiger partial charge in [-0.25, -0.2) is 19.4 Å². The van der Waals surface area contributed by atoms with Gasteiger partial charge in [0.25, 0.3) is 5.91 Å². The minimum atomic E-state index is -0.786. The highest BCUT2D eigenvalue weighted by Gasteiger charge is 2.32. The van der Waals surface area contributed by atoms with E-state index in [1.165, 1.54) is 25.5 Å². The smallest absolute Gasteiger partial charge is 0.338 e. The van der Waals surface area contributed by atoms with Crippen molar-refractivity contribution in [1.29, 1.82) is 0 Å². The van der Waals surface area contributed by atoms with Crippen molar-refractivity contribution in [2.24, 2.45) is 5.10 Å². The van der Waals surface area contributed by atoms with Crippen molar-refractivity contribution in [3.05, 3.63) is 94.4 Å². The number of nitrogens with one attached hydrogen (secondary N) is 3. The molecule has 0 fully saturated rings. The van der Waals surface area contributed by atoms with E-state index in [4.69, 9.17) is 23.7 Å². The number of amides is 3. The van der Waals surface area contributed by atoms with Gasteiger partial charge in [0.05, 0.1) is 38.2 Å². The van der Waals surface area contributed by atoms with Crippen molar-refractivity contribution in [1.82, 2.24) is 16.1 Å². The van der Waals surface area contributed by atoms with Gasteiger partial charge in [-0.15, -0.1) is 0 Å². The van der Waals surface area contributed by atoms with Gasteiger partial charge in [-0.2, -0.15) is 5.10 Å². The van der Waals surface area contributed by atoms with Crippen LogP contribution in [0, 0.1) is 5.82 Å². The summed E-state index contributed by atoms with van der Waals surface area (Å²) in [5.41, 5.74) is 4.90. The molecule has 1 heterocycles. The molecular weight excluding hydrogens is 599 g/mol. The van der Waals surface area contributed by atoms with Crippen molar-refractivity contribution >= 4 is 24.1 Å². The van der Waals surface area contributed by atoms with Crippen LogP contribution in [0.2, 0.25) is 0 Å². The molecule has 0 aliphatic carbocycles. The van der Waals surface area contributed by atoms with Gasteiger partial charge < -0.3 is 34.3 Å². The van der Waals surface area contributed by atoms with E-state index in [9.17, 15) is 18.8 Å². The van der Waals surface area contributed by atoms with E-state index in [2.05, 4.69) is 21.2 Å². The van der Waals surface area contributed by atoms with Crippen molar-refractivity contribution in [2.75, 3.05) is 26.9 Å². The number of hydrogen-bond donors (Lipinski definition) is 3. The van der Waals surface area contributed by atoms with Crippen LogP contribution in [0.4, 0.5) is 9.18 Å². The predicted molar refractivity (Wildman–Crippen MR) is 166 cm³/mol. The normalized spacial score (nSPS) is 14.3. The fraction of sp³-hybridized carbons (Fsp3) is 0.273. The molecule has 0 saturated carbocycles. The molecule has 3 aromatic rings. The van der Waals surface area contributed by atoms with Crippen molar-refractivity contribution < 1.29 is 42.5 Å². The Bertz CT molecular complexity index is 1640. The first-order valence-corrected chi connectivity index (χ1v) is 14.4. The van der Waals surface area contributed by atoms with E-state index in [0.29, 0.717) is 40.5 Å². The molecule has 0 radical (unpaired) electrons. The number of urea groups is 1. The third kappa shape index (κ3) is 8.74. The lowest BCUT2D eigenvalue weighted by molar-refractivity contribution is -0.139. The van der Waals surface area contributed by atoms with Gasteiger partial charge in [-0.1, -0.05) is 18.2 Å². The molecule has 0 spiro atoms. The summed E-state index contributed by atoms with van der Waals surface area (Å²) >= 11 is 0. The van der Waals surface area contributed by atoms with Crippen molar-refractivity contribution in [3.63, 3.8) is 0 Å². The Balaban J connectivity index is 1.36. The first kappa shape index (κ1) is 33.3. The maximum atomic E-state index is 13.5. The lowest BCUT2D eigenvalue weighted by Crippen LogP contribution is -2.45. The number of halogens is 1. The van der Waals surface area contributed by atoms with Crippen LogP contribution in [0.15, 0.2) is 77.0 Å². The summed E-state index contributed by atoms with van der Waals surface area (Å²) in [4.78, 5) is 37.2. The summed E-state index contributed by atoms with van der Waals surface area (Å²) in [5, 5.41) is 9.30. The summed E-state index contributed by atoms with van der Waals surface area (Å²) in [7, 11) is 1.43. The van der Waals surface area contributed by atoms with E-state index in [0.717, 1.165) is 0 Å². The zero-order valence-corrected chi connectivity index (χ0v) is 25.8. The van der Waals surface area contributed by atoms with Gasteiger partial charge in [0.1, 0.15) is 12.4 Å². The molecule has 0 bridgehead atoms. The third-order valence-electron chi connectivity index (χ3n) is 6.60. The Hall–Kier alpha value is -5.59. The number of nitrogens with zero attached hydrogens (tertiary/aromatic N) is 1. The van der Waals surface area contributed by atoms with Crippen LogP contribution in [0.3, 0.4) is 0 Å². The van der Waals surface area contributed by atoms with Crippen LogP contribution in [0.25, 0.3) is 0 Å². The quantitative estimate of drug-likeness (QED) is 0.133. The van der Waals surface area contributed by atoms with E-state index < -0.39 is 23.9 Å². The Morgan fingerprint density at radius 2 is 1.74 bits per heavy atom. The molecule has 3 aromatic carbocycles. The molecule has 0 saturated heterocycles. The number of esters is 1. The number of hydrazone groups is 1. The van der Waals surface area contributed by atoms with Crippen LogP contribution >= 0.6 is 0 Å². The number of benzene rings is 3. The minimum Gasteiger partial charge on any atom is -0.493 e. The summed E-state index contributed by atoms with van der Waals surface area (Å²) in [6.45, 7) is 5.50. The van der Waals surface area contributed by atoms with Gasteiger partial charge in [-0.3, -0.25) is 4.79 Å². The molecule has 1 aliphatic rings. The molecule has 0 aromatic heterocycles. The average molecular weight is 635 g/mol. The molecule has 0 unspecified atom stereocenters. The Kier molecular flexibility index (Phi) is 11.5. The SMILES string of the molecule is CCOC(=O)C1=C(C)NC(=O)N[C@H]1c1ccc(OCC(=O)N/N=C\c2ccc(OCc3cccc(F)c3)c(OCC)c2)c(OC)c1. The van der Waals surface area contributed by atoms with Crippen LogP contribution < -0.4 is 35.0 Å². The summed E-state index contributed by atoms with van der Waals surface area (Å²) in [6.07, 6.45) is 1.44. The van der Waals surface area contributed by atoms with Gasteiger partial charge in [0, 0.05) is 5.70 Å². The maximum absolute atomic E-state index is 13.5. The van der Waals surface area contributed by atoms with Crippen LogP contribution in [-0.2, 0) is 20.9 Å². The number of carbonyl (C=O) groups is 3. The molecule has 13 heteroatoms. The number of rotatable bonds is 14. The number of methoxy groups -OCH3 is 1. The van der Waals surface area contributed by atoms with Crippen LogP contribution in [0.5, 0.6) is 23.0 Å². The highest BCUT2D eigenvalue weighted by molar-refractivity contribution is 5.95. The minimum absolute atomic E-state index is 0.162. The lowest BCUT2D eigenvalue weighted by Gasteiger charge is -2.28. The van der Waals surface area contributed by atoms with E-state index in [-0.39, 0.29) is 42.7 Å². The lowest BCUT2D eigenvalue weighted by atomic mass is 9.95. The molecule has 3 N–H and O–H groups in total. The molecule has 1 aliphatic heterocycles. The highest BCUT2D eigenvalue weighted by atomic mass is 19.1. The van der Waals surface area contributed by atoms with E-state index >= 15 is 0 Å². The van der Waals surface area contributed by atoms with Crippen molar-refractivity contribution in [2.45, 2.75) is 33.4 Å². The summed E-state index contributed by atoms with van der Waals surface area (Å²) in [5.74, 6) is 0.0580. The molecule has 3 amide bonds. The molecular formula is C33H35FN4O8. The monoisotopic (exact) mass is 634 g/mol. The van der Waals surface area contributed by atoms with Gasteiger partial charge in [0.2, 0.25) is 0 Å². The largest absolute Gasteiger partial charge is 0.493 e. The average Bonchev–Trinajstić information content (AvgIpc) is 3.03. The van der Waals surface area contributed by atoms with Crippen LogP contribution in [0.1, 0.15) is 43.5 Å². The topological polar surface area (TPSA) is 146 Å². The van der Waals surface area contributed by atoms with Gasteiger partial charge >= 0.3 is 12.0 Å². The molecule has 242 valence electrons. The number of ether oxygens (including phenoxy) is 5. The first-order chi connectivity index (χ1) is 22.2. The third-order valence-corrected chi connectivity index (χ3v) is 6.60. The van der Waals surface area contributed by atoms with E-state index in [1.54, 1.807) is 62.4 Å². The Labute approximate surface area is 265 Å². The molecule has 12 nitrogen and oxygen atoms in total. The summed E-state index contributed by atoms with van der Waals surface area (Å²) < 4.78 is 41.3. The Morgan fingerprint density at radius 1 is 0.957 bits per heavy atom. The molecule has 4 rings (SSSR count). The molecule has 1 atom stereocenters. The van der Waals surface area contributed by atoms with Crippen LogP contribution in [-0.4, -0.2) is 51.1 Å². The van der Waals surface area contributed by atoms with E-state index in [1.807, 2.05) is 6.92 Å². The second-order valence-corrected chi connectivity index (χ2v) is 9.84. The second-order valence-electron chi connectivity index (χ2n) is 9.84. The molecule has 46 heavy (non-hydrogen) atoms. The first-order valence-electron chi connectivity index (χ1n) is 14.4. The van der Waals surface area contributed by atoms with Crippen molar-refractivity contribution in [3.8, 4) is 23.0 Å². The zero-order chi connectivity index (χ0) is 33.1. The highest BCUT2D eigenvalue weighted by Crippen LogP contribution is 2.34. The van der Waals surface area contributed by atoms with Gasteiger partial charge in [-0.05, 0) is 79.9 Å². The summed E-state index contributed by atoms with van der Waals surface area (Å²) in [6, 6.07) is 14.9. The number of hydrogen-bond acceptors (Lipinski definition) is 9. The number of allylic oxidation sites excluding steroid dienone is 1.